The Labute approximate surface area is 220 Å². The molecule has 2 aromatic rings. The van der Waals surface area contributed by atoms with E-state index in [2.05, 4.69) is 5.32 Å². The first-order chi connectivity index (χ1) is 16.8. The summed E-state index contributed by atoms with van der Waals surface area (Å²) in [4.78, 5) is 39.5. The molecule has 2 aliphatic heterocycles. The lowest BCUT2D eigenvalue weighted by molar-refractivity contribution is -0.696. The van der Waals surface area contributed by atoms with E-state index in [0.29, 0.717) is 32.7 Å². The van der Waals surface area contributed by atoms with Crippen LogP contribution in [0.1, 0.15) is 5.69 Å². The molecule has 3 heterocycles. The molecule has 8 nitrogen and oxygen atoms in total. The average Bonchev–Trinajstić information content (AvgIpc) is 2.84. The van der Waals surface area contributed by atoms with Gasteiger partial charge in [-0.25, -0.2) is 4.79 Å². The average molecular weight is 555 g/mol. The lowest BCUT2D eigenvalue weighted by atomic mass is 10.0. The summed E-state index contributed by atoms with van der Waals surface area (Å²) in [5.74, 6) is -1.56. The highest BCUT2D eigenvalue weighted by molar-refractivity contribution is 8.00. The number of β-lactam (4-membered cyclic amide) rings is 1. The van der Waals surface area contributed by atoms with Crippen molar-refractivity contribution in [3.05, 3.63) is 69.6 Å². The Kier molecular flexibility index (Phi) is 8.28. The number of fused-ring (bicyclic) bond motifs is 1. The standard InChI is InChI=1S/C23H21Cl2N3O5S2/c24-14-4-5-16(25)17(9-14)34-12-18(30)26-19-21(31)28-20(23(32)33)13(11-35-22(19)28)10-27-7-2-1-3-15(27)6-8-29/h1-5,7,9,19,22,29H,6,8,10-12H2,(H-,26,30,32,33)/p+1/t19-,22+/m0/s1. The van der Waals surface area contributed by atoms with Crippen LogP contribution < -0.4 is 9.88 Å². The first kappa shape index (κ1) is 25.8. The molecular formula is C23H22Cl2N3O5S2+. The number of aliphatic hydroxyl groups excluding tert-OH is 1. The number of carbonyl (C=O) groups excluding carboxylic acids is 2. The number of hydrogen-bond donors (Lipinski definition) is 3. The molecule has 0 saturated carbocycles. The van der Waals surface area contributed by atoms with Crippen molar-refractivity contribution in [3.8, 4) is 0 Å². The number of benzene rings is 1. The first-order valence-electron chi connectivity index (χ1n) is 10.7. The molecule has 3 N–H and O–H groups in total. The molecule has 0 spiro atoms. The third kappa shape index (κ3) is 5.62. The first-order valence-corrected chi connectivity index (χ1v) is 13.4. The fraction of sp³-hybridized carbons (Fsp3) is 0.304. The van der Waals surface area contributed by atoms with Crippen LogP contribution >= 0.6 is 46.7 Å². The molecule has 184 valence electrons. The zero-order chi connectivity index (χ0) is 25.1. The van der Waals surface area contributed by atoms with Gasteiger partial charge in [-0.15, -0.1) is 23.5 Å². The van der Waals surface area contributed by atoms with E-state index in [0.717, 1.165) is 5.69 Å². The predicted molar refractivity (Wildman–Crippen MR) is 134 cm³/mol. The quantitative estimate of drug-likeness (QED) is 0.248. The molecule has 0 bridgehead atoms. The van der Waals surface area contributed by atoms with E-state index in [9.17, 15) is 24.6 Å². The molecule has 4 rings (SSSR count). The lowest BCUT2D eigenvalue weighted by Crippen LogP contribution is -2.71. The summed E-state index contributed by atoms with van der Waals surface area (Å²) in [6.07, 6.45) is 2.25. The van der Waals surface area contributed by atoms with Gasteiger partial charge in [0.25, 0.3) is 5.91 Å². The molecule has 1 saturated heterocycles. The predicted octanol–water partition coefficient (Wildman–Crippen LogP) is 2.35. The van der Waals surface area contributed by atoms with Crippen LogP contribution in [0.2, 0.25) is 10.0 Å². The SMILES string of the molecule is O=C(CSc1cc(Cl)ccc1Cl)N[C@H]1C(=O)N2C(C(=O)O)=C(C[n+]3ccccc3CCO)CS[C@H]12. The summed E-state index contributed by atoms with van der Waals surface area (Å²) in [6, 6.07) is 9.71. The van der Waals surface area contributed by atoms with Crippen molar-refractivity contribution in [1.29, 1.82) is 0 Å². The Morgan fingerprint density at radius 2 is 2.06 bits per heavy atom. The number of thioether (sulfide) groups is 2. The molecule has 1 fully saturated rings. The zero-order valence-corrected chi connectivity index (χ0v) is 21.5. The molecule has 1 aromatic carbocycles. The molecular weight excluding hydrogens is 533 g/mol. The number of nitrogens with one attached hydrogen (secondary N) is 1. The van der Waals surface area contributed by atoms with E-state index >= 15 is 0 Å². The molecule has 2 aliphatic rings. The fourth-order valence-electron chi connectivity index (χ4n) is 3.96. The molecule has 0 unspecified atom stereocenters. The molecule has 0 radical (unpaired) electrons. The summed E-state index contributed by atoms with van der Waals surface area (Å²) in [5.41, 5.74) is 1.41. The zero-order valence-electron chi connectivity index (χ0n) is 18.3. The van der Waals surface area contributed by atoms with Crippen molar-refractivity contribution >= 4 is 64.5 Å². The topological polar surface area (TPSA) is 111 Å². The van der Waals surface area contributed by atoms with Crippen molar-refractivity contribution in [2.75, 3.05) is 18.1 Å². The van der Waals surface area contributed by atoms with Gasteiger partial charge in [-0.05, 0) is 18.2 Å². The number of aliphatic hydroxyl groups is 1. The van der Waals surface area contributed by atoms with Gasteiger partial charge in [0.05, 0.1) is 23.8 Å². The number of aliphatic carboxylic acids is 1. The number of amides is 2. The summed E-state index contributed by atoms with van der Waals surface area (Å²) >= 11 is 14.7. The molecule has 2 amide bonds. The van der Waals surface area contributed by atoms with E-state index in [4.69, 9.17) is 23.2 Å². The van der Waals surface area contributed by atoms with Crippen LogP contribution in [0, 0.1) is 0 Å². The molecule has 1 aromatic heterocycles. The number of nitrogens with zero attached hydrogens (tertiary/aromatic N) is 2. The number of carboxylic acid groups (broad SMARTS) is 1. The highest BCUT2D eigenvalue weighted by Gasteiger charge is 2.54. The second-order valence-electron chi connectivity index (χ2n) is 7.87. The lowest BCUT2D eigenvalue weighted by Gasteiger charge is -2.49. The van der Waals surface area contributed by atoms with Crippen molar-refractivity contribution < 1.29 is 29.2 Å². The van der Waals surface area contributed by atoms with Crippen molar-refractivity contribution in [2.45, 2.75) is 29.3 Å². The van der Waals surface area contributed by atoms with Crippen LogP contribution in [0.3, 0.4) is 0 Å². The largest absolute Gasteiger partial charge is 0.477 e. The molecule has 35 heavy (non-hydrogen) atoms. The Balaban J connectivity index is 1.44. The second kappa shape index (κ2) is 11.2. The highest BCUT2D eigenvalue weighted by Crippen LogP contribution is 2.40. The van der Waals surface area contributed by atoms with Gasteiger partial charge < -0.3 is 15.5 Å². The monoisotopic (exact) mass is 554 g/mol. The molecule has 0 aliphatic carbocycles. The Morgan fingerprint density at radius 1 is 1.26 bits per heavy atom. The number of halogens is 2. The van der Waals surface area contributed by atoms with E-state index < -0.39 is 23.3 Å². The third-order valence-electron chi connectivity index (χ3n) is 5.58. The number of rotatable bonds is 9. The third-order valence-corrected chi connectivity index (χ3v) is 8.65. The number of pyridine rings is 1. The van der Waals surface area contributed by atoms with Crippen LogP contribution in [0.15, 0.2) is 58.8 Å². The molecule has 2 atom stereocenters. The van der Waals surface area contributed by atoms with Crippen LogP contribution in [0.4, 0.5) is 0 Å². The second-order valence-corrected chi connectivity index (χ2v) is 10.8. The van der Waals surface area contributed by atoms with Crippen LogP contribution in [-0.2, 0) is 27.3 Å². The van der Waals surface area contributed by atoms with E-state index in [1.807, 2.05) is 29.0 Å². The summed E-state index contributed by atoms with van der Waals surface area (Å²) < 4.78 is 1.87. The number of carbonyl (C=O) groups is 3. The normalized spacial score (nSPS) is 19.3. The Hall–Kier alpha value is -2.24. The summed E-state index contributed by atoms with van der Waals surface area (Å²) in [6.45, 7) is 0.259. The Bertz CT molecular complexity index is 1210. The van der Waals surface area contributed by atoms with Gasteiger partial charge in [0.15, 0.2) is 18.4 Å². The van der Waals surface area contributed by atoms with Gasteiger partial charge in [0.2, 0.25) is 5.91 Å². The fourth-order valence-corrected chi connectivity index (χ4v) is 6.60. The van der Waals surface area contributed by atoms with Gasteiger partial charge in [0.1, 0.15) is 17.1 Å². The minimum absolute atomic E-state index is 0.0283. The summed E-state index contributed by atoms with van der Waals surface area (Å²) in [5, 5.41) is 22.4. The number of aromatic nitrogens is 1. The van der Waals surface area contributed by atoms with E-state index in [1.54, 1.807) is 18.2 Å². The van der Waals surface area contributed by atoms with Gasteiger partial charge in [-0.3, -0.25) is 14.5 Å². The minimum Gasteiger partial charge on any atom is -0.477 e. The van der Waals surface area contributed by atoms with Crippen LogP contribution in [-0.4, -0.2) is 62.4 Å². The van der Waals surface area contributed by atoms with Gasteiger partial charge in [-0.1, -0.05) is 29.3 Å². The van der Waals surface area contributed by atoms with Crippen molar-refractivity contribution in [2.24, 2.45) is 0 Å². The van der Waals surface area contributed by atoms with Gasteiger partial charge in [-0.2, -0.15) is 4.57 Å². The van der Waals surface area contributed by atoms with Crippen LogP contribution in [0.5, 0.6) is 0 Å². The minimum atomic E-state index is -1.19. The maximum absolute atomic E-state index is 12.9. The highest BCUT2D eigenvalue weighted by atomic mass is 35.5. The van der Waals surface area contributed by atoms with Crippen molar-refractivity contribution in [3.63, 3.8) is 0 Å². The van der Waals surface area contributed by atoms with E-state index in [-0.39, 0.29) is 30.5 Å². The van der Waals surface area contributed by atoms with Crippen LogP contribution in [0.25, 0.3) is 0 Å². The van der Waals surface area contributed by atoms with Gasteiger partial charge >= 0.3 is 5.97 Å². The van der Waals surface area contributed by atoms with Gasteiger partial charge in [0, 0.05) is 33.4 Å². The Morgan fingerprint density at radius 3 is 2.80 bits per heavy atom. The maximum atomic E-state index is 12.9. The summed E-state index contributed by atoms with van der Waals surface area (Å²) in [7, 11) is 0. The van der Waals surface area contributed by atoms with Crippen molar-refractivity contribution in [1.82, 2.24) is 10.2 Å². The maximum Gasteiger partial charge on any atom is 0.352 e. The number of carboxylic acids is 1. The smallest absolute Gasteiger partial charge is 0.352 e. The van der Waals surface area contributed by atoms with E-state index in [1.165, 1.54) is 28.4 Å². The number of hydrogen-bond acceptors (Lipinski definition) is 6. The molecule has 12 heteroatoms.